The SMILES string of the molecule is Cc1ccccc1-[n+]1[nH]oc(=O)c1C(=O)CC1(O)C(=O)Nc2ccccc21. The van der Waals surface area contributed by atoms with Crippen LogP contribution in [0.1, 0.15) is 28.0 Å². The van der Waals surface area contributed by atoms with Crippen molar-refractivity contribution in [2.24, 2.45) is 0 Å². The summed E-state index contributed by atoms with van der Waals surface area (Å²) in [5.74, 6) is -1.43. The Kier molecular flexibility index (Phi) is 3.78. The maximum atomic E-state index is 12.9. The summed E-state index contributed by atoms with van der Waals surface area (Å²) in [7, 11) is 0. The molecule has 136 valence electrons. The van der Waals surface area contributed by atoms with Gasteiger partial charge < -0.3 is 10.4 Å². The van der Waals surface area contributed by atoms with Gasteiger partial charge in [0.1, 0.15) is 0 Å². The molecule has 0 aliphatic carbocycles. The van der Waals surface area contributed by atoms with E-state index in [0.717, 1.165) is 5.56 Å². The lowest BCUT2D eigenvalue weighted by Crippen LogP contribution is -2.44. The summed E-state index contributed by atoms with van der Waals surface area (Å²) < 4.78 is 6.02. The van der Waals surface area contributed by atoms with Gasteiger partial charge in [0.2, 0.25) is 11.5 Å². The van der Waals surface area contributed by atoms with E-state index in [2.05, 4.69) is 10.6 Å². The van der Waals surface area contributed by atoms with Gasteiger partial charge in [0.15, 0.2) is 5.60 Å². The van der Waals surface area contributed by atoms with Gasteiger partial charge in [0.25, 0.3) is 5.91 Å². The van der Waals surface area contributed by atoms with Crippen LogP contribution >= 0.6 is 0 Å². The number of nitrogens with one attached hydrogen (secondary N) is 2. The minimum Gasteiger partial charge on any atom is -0.375 e. The molecule has 3 aromatic rings. The number of Topliss-reactive ketones (excluding diaryl/α,β-unsaturated/α-hetero) is 1. The lowest BCUT2D eigenvalue weighted by molar-refractivity contribution is -0.672. The number of hydrogen-bond acceptors (Lipinski definition) is 5. The Labute approximate surface area is 153 Å². The van der Waals surface area contributed by atoms with Crippen molar-refractivity contribution in [3.8, 4) is 5.69 Å². The first-order chi connectivity index (χ1) is 12.9. The second-order valence-electron chi connectivity index (χ2n) is 6.41. The van der Waals surface area contributed by atoms with Crippen molar-refractivity contribution in [2.45, 2.75) is 18.9 Å². The molecule has 1 aliphatic heterocycles. The molecule has 4 rings (SSSR count). The van der Waals surface area contributed by atoms with Crippen molar-refractivity contribution in [1.29, 1.82) is 0 Å². The zero-order chi connectivity index (χ0) is 19.2. The highest BCUT2D eigenvalue weighted by Crippen LogP contribution is 2.38. The third kappa shape index (κ3) is 2.58. The second kappa shape index (κ2) is 6.03. The molecule has 8 heteroatoms. The van der Waals surface area contributed by atoms with Crippen LogP contribution in [-0.2, 0) is 10.4 Å². The van der Waals surface area contributed by atoms with Gasteiger partial charge in [-0.05, 0) is 22.9 Å². The molecule has 8 nitrogen and oxygen atoms in total. The zero-order valence-corrected chi connectivity index (χ0v) is 14.4. The Morgan fingerprint density at radius 1 is 1.15 bits per heavy atom. The van der Waals surface area contributed by atoms with E-state index in [1.807, 2.05) is 19.1 Å². The molecule has 0 saturated heterocycles. The summed E-state index contributed by atoms with van der Waals surface area (Å²) in [6.07, 6.45) is -0.593. The number of nitrogens with zero attached hydrogens (tertiary/aromatic N) is 1. The number of carbonyl (C=O) groups excluding carboxylic acids is 2. The number of H-pyrrole nitrogens is 1. The Bertz CT molecular complexity index is 1130. The van der Waals surface area contributed by atoms with Gasteiger partial charge in [-0.3, -0.25) is 14.1 Å². The fourth-order valence-corrected chi connectivity index (χ4v) is 3.29. The van der Waals surface area contributed by atoms with Crippen molar-refractivity contribution < 1.29 is 23.9 Å². The van der Waals surface area contributed by atoms with Gasteiger partial charge in [-0.25, -0.2) is 4.79 Å². The summed E-state index contributed by atoms with van der Waals surface area (Å²) >= 11 is 0. The summed E-state index contributed by atoms with van der Waals surface area (Å²) in [5.41, 5.74) is -1.14. The largest absolute Gasteiger partial charge is 0.438 e. The molecule has 3 N–H and O–H groups in total. The summed E-state index contributed by atoms with van der Waals surface area (Å²) in [4.78, 5) is 37.4. The van der Waals surface area contributed by atoms with E-state index in [-0.39, 0.29) is 5.69 Å². The molecule has 1 aliphatic rings. The van der Waals surface area contributed by atoms with Gasteiger partial charge >= 0.3 is 11.3 Å². The molecule has 2 aromatic carbocycles. The molecule has 1 aromatic heterocycles. The number of aromatic amines is 1. The van der Waals surface area contributed by atoms with Crippen LogP contribution < -0.4 is 15.6 Å². The summed E-state index contributed by atoms with van der Waals surface area (Å²) in [6, 6.07) is 13.7. The highest BCUT2D eigenvalue weighted by atomic mass is 16.5. The molecule has 1 unspecified atom stereocenters. The van der Waals surface area contributed by atoms with E-state index in [4.69, 9.17) is 4.52 Å². The standard InChI is InChI=1S/C19H15N3O5/c1-11-6-2-5-9-14(11)22-16(17(24)27-21-22)15(23)10-19(26)12-7-3-4-8-13(12)20-18(19)25/h2-9,26H,10H2,1H3,(H-,20,21,23,24,25)/p+1. The molecule has 0 bridgehead atoms. The minimum absolute atomic E-state index is 0.296. The number of carbonyl (C=O) groups is 2. The van der Waals surface area contributed by atoms with Crippen LogP contribution in [-0.4, -0.2) is 22.1 Å². The van der Waals surface area contributed by atoms with E-state index in [1.165, 1.54) is 4.68 Å². The third-order valence-electron chi connectivity index (χ3n) is 4.68. The van der Waals surface area contributed by atoms with Gasteiger partial charge in [0, 0.05) is 22.9 Å². The van der Waals surface area contributed by atoms with Gasteiger partial charge in [0.05, 0.1) is 6.42 Å². The van der Waals surface area contributed by atoms with Crippen LogP contribution in [0.5, 0.6) is 0 Å². The Balaban J connectivity index is 1.76. The zero-order valence-electron chi connectivity index (χ0n) is 14.4. The van der Waals surface area contributed by atoms with Crippen molar-refractivity contribution in [3.05, 3.63) is 75.8 Å². The van der Waals surface area contributed by atoms with E-state index < -0.39 is 29.3 Å². The van der Waals surface area contributed by atoms with E-state index in [0.29, 0.717) is 16.9 Å². The molecule has 0 fully saturated rings. The fourth-order valence-electron chi connectivity index (χ4n) is 3.29. The predicted octanol–water partition coefficient (Wildman–Crippen LogP) is 0.966. The first-order valence-corrected chi connectivity index (χ1v) is 8.28. The maximum Gasteiger partial charge on any atom is 0.438 e. The smallest absolute Gasteiger partial charge is 0.375 e. The van der Waals surface area contributed by atoms with Crippen molar-refractivity contribution in [2.75, 3.05) is 5.32 Å². The monoisotopic (exact) mass is 366 g/mol. The number of rotatable bonds is 4. The number of fused-ring (bicyclic) bond motifs is 1. The molecule has 1 atom stereocenters. The number of para-hydroxylation sites is 2. The fraction of sp³-hybridized carbons (Fsp3) is 0.158. The van der Waals surface area contributed by atoms with Crippen molar-refractivity contribution in [1.82, 2.24) is 5.27 Å². The minimum atomic E-state index is -2.05. The quantitative estimate of drug-likeness (QED) is 0.470. The molecule has 0 radical (unpaired) electrons. The summed E-state index contributed by atoms with van der Waals surface area (Å²) in [5, 5.41) is 15.9. The van der Waals surface area contributed by atoms with E-state index >= 15 is 0 Å². The highest BCUT2D eigenvalue weighted by Gasteiger charge is 2.49. The van der Waals surface area contributed by atoms with Crippen LogP contribution in [0.4, 0.5) is 5.69 Å². The second-order valence-corrected chi connectivity index (χ2v) is 6.41. The first-order valence-electron chi connectivity index (χ1n) is 8.28. The Morgan fingerprint density at radius 2 is 1.85 bits per heavy atom. The molecule has 0 spiro atoms. The lowest BCUT2D eigenvalue weighted by Gasteiger charge is -2.18. The first kappa shape index (κ1) is 16.9. The van der Waals surface area contributed by atoms with Crippen LogP contribution in [0.3, 0.4) is 0 Å². The van der Waals surface area contributed by atoms with Gasteiger partial charge in [-0.15, -0.1) is 0 Å². The van der Waals surface area contributed by atoms with E-state index in [9.17, 15) is 19.5 Å². The predicted molar refractivity (Wildman–Crippen MR) is 93.5 cm³/mol. The number of hydrogen-bond donors (Lipinski definition) is 3. The van der Waals surface area contributed by atoms with Crippen LogP contribution in [0.25, 0.3) is 5.69 Å². The normalized spacial score (nSPS) is 18.2. The maximum absolute atomic E-state index is 12.9. The van der Waals surface area contributed by atoms with Crippen LogP contribution in [0, 0.1) is 6.92 Å². The molecular formula is C19H16N3O5+. The van der Waals surface area contributed by atoms with Gasteiger partial charge in [-0.2, -0.15) is 0 Å². The van der Waals surface area contributed by atoms with Crippen molar-refractivity contribution in [3.63, 3.8) is 0 Å². The van der Waals surface area contributed by atoms with Gasteiger partial charge in [-0.1, -0.05) is 36.4 Å². The average molecular weight is 366 g/mol. The lowest BCUT2D eigenvalue weighted by atomic mass is 9.89. The number of amides is 1. The summed E-state index contributed by atoms with van der Waals surface area (Å²) in [6.45, 7) is 1.82. The number of ketones is 1. The molecule has 0 saturated carbocycles. The van der Waals surface area contributed by atoms with E-state index in [1.54, 1.807) is 36.4 Å². The molecular weight excluding hydrogens is 350 g/mol. The number of aliphatic hydroxyl groups is 1. The number of aromatic nitrogens is 2. The highest BCUT2D eigenvalue weighted by molar-refractivity contribution is 6.08. The number of benzene rings is 2. The molecule has 2 heterocycles. The topological polar surface area (TPSA) is 116 Å². The average Bonchev–Trinajstić information content (AvgIpc) is 3.14. The Hall–Kier alpha value is -3.52. The number of anilines is 1. The van der Waals surface area contributed by atoms with Crippen LogP contribution in [0.2, 0.25) is 0 Å². The van der Waals surface area contributed by atoms with Crippen LogP contribution in [0.15, 0.2) is 57.8 Å². The molecule has 27 heavy (non-hydrogen) atoms. The van der Waals surface area contributed by atoms with Crippen molar-refractivity contribution >= 4 is 17.4 Å². The third-order valence-corrected chi connectivity index (χ3v) is 4.68. The molecule has 1 amide bonds. The number of aryl methyl sites for hydroxylation is 1. The Morgan fingerprint density at radius 3 is 2.63 bits per heavy atom.